The van der Waals surface area contributed by atoms with E-state index in [-0.39, 0.29) is 17.7 Å². The van der Waals surface area contributed by atoms with Gasteiger partial charge in [-0.25, -0.2) is 0 Å². The molecule has 172 valence electrons. The van der Waals surface area contributed by atoms with Crippen LogP contribution in [-0.2, 0) is 5.41 Å². The van der Waals surface area contributed by atoms with Crippen molar-refractivity contribution in [3.8, 4) is 5.75 Å². The summed E-state index contributed by atoms with van der Waals surface area (Å²) in [5.74, 6) is 0.223. The zero-order valence-corrected chi connectivity index (χ0v) is 19.4. The lowest BCUT2D eigenvalue weighted by molar-refractivity contribution is -0.127. The molecule has 1 saturated carbocycles. The number of hydrogen-bond donors (Lipinski definition) is 2. The van der Waals surface area contributed by atoms with Gasteiger partial charge in [-0.05, 0) is 79.9 Å². The highest BCUT2D eigenvalue weighted by atomic mass is 16.3. The fourth-order valence-corrected chi connectivity index (χ4v) is 6.17. The van der Waals surface area contributed by atoms with Gasteiger partial charge in [0.2, 0.25) is 0 Å². The molecule has 0 aromatic heterocycles. The Kier molecular flexibility index (Phi) is 5.42. The Balaban J connectivity index is 1.47. The molecule has 0 bridgehead atoms. The minimum Gasteiger partial charge on any atom is -0.508 e. The Hall–Kier alpha value is -2.89. The quantitative estimate of drug-likeness (QED) is 0.636. The molecule has 3 atom stereocenters. The van der Waals surface area contributed by atoms with E-state index >= 15 is 0 Å². The molecule has 0 radical (unpaired) electrons. The van der Waals surface area contributed by atoms with Crippen LogP contribution < -0.4 is 0 Å². The van der Waals surface area contributed by atoms with Crippen molar-refractivity contribution < 1.29 is 15.0 Å². The molecule has 1 heterocycles. The van der Waals surface area contributed by atoms with Crippen LogP contribution in [0.1, 0.15) is 41.6 Å². The van der Waals surface area contributed by atoms with E-state index in [9.17, 15) is 15.0 Å². The fourth-order valence-electron chi connectivity index (χ4n) is 6.17. The number of phenolic OH excluding ortho intramolecular Hbond substituents is 1. The van der Waals surface area contributed by atoms with Gasteiger partial charge in [0, 0.05) is 30.6 Å². The summed E-state index contributed by atoms with van der Waals surface area (Å²) in [5.41, 5.74) is 0.261. The molecule has 0 spiro atoms. The van der Waals surface area contributed by atoms with Crippen LogP contribution in [0.4, 0.5) is 0 Å². The topological polar surface area (TPSA) is 64.0 Å². The third kappa shape index (κ3) is 3.69. The van der Waals surface area contributed by atoms with Crippen molar-refractivity contribution in [3.63, 3.8) is 0 Å². The molecule has 1 amide bonds. The van der Waals surface area contributed by atoms with Crippen molar-refractivity contribution in [2.45, 2.75) is 42.7 Å². The number of likely N-dealkylation sites (N-methyl/N-ethyl adjacent to an activating group) is 1. The maximum Gasteiger partial charge on any atom is 0.253 e. The van der Waals surface area contributed by atoms with Gasteiger partial charge in [-0.2, -0.15) is 0 Å². The molecule has 2 fully saturated rings. The van der Waals surface area contributed by atoms with Gasteiger partial charge >= 0.3 is 0 Å². The lowest BCUT2D eigenvalue weighted by Crippen LogP contribution is -2.66. The Morgan fingerprint density at radius 1 is 1.03 bits per heavy atom. The van der Waals surface area contributed by atoms with Gasteiger partial charge in [-0.3, -0.25) is 4.79 Å². The van der Waals surface area contributed by atoms with Crippen LogP contribution >= 0.6 is 0 Å². The number of piperidine rings is 1. The Bertz CT molecular complexity index is 1190. The molecular weight excluding hydrogens is 412 g/mol. The van der Waals surface area contributed by atoms with Crippen molar-refractivity contribution >= 4 is 16.7 Å². The zero-order chi connectivity index (χ0) is 23.2. The number of β-amino-alcohol motifs (C(OH)–C–C–N with tert-alkyl or cyclic N) is 1. The van der Waals surface area contributed by atoms with Gasteiger partial charge in [-0.1, -0.05) is 42.5 Å². The van der Waals surface area contributed by atoms with Gasteiger partial charge in [0.25, 0.3) is 5.91 Å². The highest BCUT2D eigenvalue weighted by Crippen LogP contribution is 2.52. The van der Waals surface area contributed by atoms with Gasteiger partial charge < -0.3 is 20.0 Å². The smallest absolute Gasteiger partial charge is 0.253 e. The monoisotopic (exact) mass is 444 g/mol. The molecule has 1 saturated heterocycles. The van der Waals surface area contributed by atoms with Crippen LogP contribution in [0.3, 0.4) is 0 Å². The summed E-state index contributed by atoms with van der Waals surface area (Å²) in [6, 6.07) is 21.3. The number of fused-ring (bicyclic) bond motifs is 2. The Morgan fingerprint density at radius 2 is 1.82 bits per heavy atom. The van der Waals surface area contributed by atoms with Crippen molar-refractivity contribution in [2.75, 3.05) is 27.2 Å². The van der Waals surface area contributed by atoms with E-state index < -0.39 is 11.0 Å². The first-order valence-corrected chi connectivity index (χ1v) is 11.8. The predicted octanol–water partition coefficient (Wildman–Crippen LogP) is 4.17. The third-order valence-electron chi connectivity index (χ3n) is 8.08. The first-order chi connectivity index (χ1) is 15.8. The van der Waals surface area contributed by atoms with Gasteiger partial charge in [-0.15, -0.1) is 0 Å². The first-order valence-electron chi connectivity index (χ1n) is 11.8. The highest BCUT2D eigenvalue weighted by Gasteiger charge is 2.57. The Labute approximate surface area is 195 Å². The third-order valence-corrected chi connectivity index (χ3v) is 8.08. The first kappa shape index (κ1) is 21.9. The number of benzene rings is 3. The van der Waals surface area contributed by atoms with Gasteiger partial charge in [0.1, 0.15) is 5.75 Å². The highest BCUT2D eigenvalue weighted by molar-refractivity contribution is 5.98. The number of likely N-dealkylation sites (tertiary alicyclic amines) is 1. The van der Waals surface area contributed by atoms with Gasteiger partial charge in [0.15, 0.2) is 0 Å². The van der Waals surface area contributed by atoms with E-state index in [4.69, 9.17) is 0 Å². The molecule has 3 aromatic rings. The van der Waals surface area contributed by atoms with E-state index in [1.54, 1.807) is 12.1 Å². The summed E-state index contributed by atoms with van der Waals surface area (Å²) in [6.45, 7) is 1.46. The maximum absolute atomic E-state index is 13.5. The summed E-state index contributed by atoms with van der Waals surface area (Å²) >= 11 is 0. The summed E-state index contributed by atoms with van der Waals surface area (Å²) < 4.78 is 0. The number of aliphatic hydroxyl groups is 1. The summed E-state index contributed by atoms with van der Waals surface area (Å²) in [6.07, 6.45) is 2.84. The van der Waals surface area contributed by atoms with Crippen LogP contribution in [0.5, 0.6) is 5.75 Å². The molecule has 1 aliphatic heterocycles. The largest absolute Gasteiger partial charge is 0.508 e. The van der Waals surface area contributed by atoms with Crippen LogP contribution in [0.15, 0.2) is 66.7 Å². The second-order valence-electron chi connectivity index (χ2n) is 10.0. The molecule has 0 unspecified atom stereocenters. The predicted molar refractivity (Wildman–Crippen MR) is 131 cm³/mol. The molecule has 3 aromatic carbocycles. The van der Waals surface area contributed by atoms with E-state index in [1.807, 2.05) is 67.5 Å². The fraction of sp³-hybridized carbons (Fsp3) is 0.393. The van der Waals surface area contributed by atoms with Crippen molar-refractivity contribution in [1.82, 2.24) is 9.80 Å². The maximum atomic E-state index is 13.5. The second kappa shape index (κ2) is 8.15. The van der Waals surface area contributed by atoms with E-state index in [0.717, 1.165) is 35.7 Å². The number of carbonyl (C=O) groups excluding carboxylic acids is 1. The number of amides is 1. The van der Waals surface area contributed by atoms with Crippen molar-refractivity contribution in [2.24, 2.45) is 0 Å². The second-order valence-corrected chi connectivity index (χ2v) is 10.0. The number of rotatable bonds is 3. The zero-order valence-electron chi connectivity index (χ0n) is 19.4. The molecule has 1 aliphatic carbocycles. The number of hydrogen-bond acceptors (Lipinski definition) is 4. The average molecular weight is 445 g/mol. The molecule has 5 nitrogen and oxygen atoms in total. The minimum atomic E-state index is -0.892. The molecule has 2 N–H and O–H groups in total. The normalized spacial score (nSPS) is 27.8. The SMILES string of the molecule is CN1CC[C@@]2(c3cccc(O)c3)C[C@H](N(C)C(=O)c3ccc4ccccc4c3)CC[C@]2(O)C1. The van der Waals surface area contributed by atoms with Gasteiger partial charge in [0.05, 0.1) is 5.60 Å². The molecular formula is C28H32N2O3. The van der Waals surface area contributed by atoms with Crippen LogP contribution in [0, 0.1) is 0 Å². The summed E-state index contributed by atoms with van der Waals surface area (Å²) in [4.78, 5) is 17.5. The number of aromatic hydroxyl groups is 1. The number of phenols is 1. The number of nitrogens with zero attached hydrogens (tertiary/aromatic N) is 2. The lowest BCUT2D eigenvalue weighted by Gasteiger charge is -2.58. The molecule has 5 heteroatoms. The van der Waals surface area contributed by atoms with E-state index in [1.165, 1.54) is 0 Å². The average Bonchev–Trinajstić information content (AvgIpc) is 2.82. The lowest BCUT2D eigenvalue weighted by atomic mass is 9.55. The minimum absolute atomic E-state index is 0.00926. The molecule has 5 rings (SSSR count). The number of carbonyl (C=O) groups is 1. The summed E-state index contributed by atoms with van der Waals surface area (Å²) in [5, 5.41) is 24.3. The van der Waals surface area contributed by atoms with E-state index in [0.29, 0.717) is 24.9 Å². The summed E-state index contributed by atoms with van der Waals surface area (Å²) in [7, 11) is 3.93. The molecule has 33 heavy (non-hydrogen) atoms. The van der Waals surface area contributed by atoms with Crippen molar-refractivity contribution in [1.29, 1.82) is 0 Å². The Morgan fingerprint density at radius 3 is 2.61 bits per heavy atom. The van der Waals surface area contributed by atoms with E-state index in [2.05, 4.69) is 11.0 Å². The van der Waals surface area contributed by atoms with Crippen LogP contribution in [0.2, 0.25) is 0 Å². The standard InChI is InChI=1S/C28H32N2O3/c1-29-15-14-27(23-8-5-9-25(31)17-23)18-24(12-13-28(27,33)19-29)30(2)26(32)22-11-10-20-6-3-4-7-21(20)16-22/h3-11,16-17,24,31,33H,12-15,18-19H2,1-2H3/t24-,27+,28+/m1/s1. The van der Waals surface area contributed by atoms with Crippen LogP contribution in [-0.4, -0.2) is 64.7 Å². The molecule has 2 aliphatic rings. The van der Waals surface area contributed by atoms with Crippen LogP contribution in [0.25, 0.3) is 10.8 Å². The van der Waals surface area contributed by atoms with Crippen molar-refractivity contribution in [3.05, 3.63) is 77.9 Å².